The topological polar surface area (TPSA) is 33.3 Å². The predicted octanol–water partition coefficient (Wildman–Crippen LogP) is 1.07. The summed E-state index contributed by atoms with van der Waals surface area (Å²) < 4.78 is 6.07. The number of nitrogens with one attached hydrogen (secondary N) is 2. The minimum absolute atomic E-state index is 0.355. The van der Waals surface area contributed by atoms with Crippen molar-refractivity contribution in [3.05, 3.63) is 29.3 Å². The third-order valence-electron chi connectivity index (χ3n) is 3.41. The van der Waals surface area contributed by atoms with Crippen LogP contribution in [0.4, 0.5) is 0 Å². The zero-order valence-electron chi connectivity index (χ0n) is 9.46. The summed E-state index contributed by atoms with van der Waals surface area (Å²) in [4.78, 5) is 0. The first-order valence-corrected chi connectivity index (χ1v) is 6.12. The Kier molecular flexibility index (Phi) is 2.80. The van der Waals surface area contributed by atoms with E-state index in [0.717, 1.165) is 44.8 Å². The molecule has 86 valence electrons. The van der Waals surface area contributed by atoms with E-state index in [-0.39, 0.29) is 0 Å². The molecule has 1 fully saturated rings. The number of hydrogen-bond donors (Lipinski definition) is 2. The Labute approximate surface area is 96.2 Å². The second kappa shape index (κ2) is 4.44. The van der Waals surface area contributed by atoms with E-state index in [1.54, 1.807) is 0 Å². The fourth-order valence-electron chi connectivity index (χ4n) is 2.50. The van der Waals surface area contributed by atoms with Crippen LogP contribution < -0.4 is 15.4 Å². The van der Waals surface area contributed by atoms with Gasteiger partial charge in [-0.05, 0) is 37.6 Å². The Balaban J connectivity index is 1.82. The first-order chi connectivity index (χ1) is 7.93. The van der Waals surface area contributed by atoms with Crippen molar-refractivity contribution in [2.75, 3.05) is 19.6 Å². The smallest absolute Gasteiger partial charge is 0.124 e. The van der Waals surface area contributed by atoms with Crippen molar-refractivity contribution in [3.63, 3.8) is 0 Å². The molecule has 1 atom stereocenters. The van der Waals surface area contributed by atoms with Crippen molar-refractivity contribution in [1.82, 2.24) is 10.6 Å². The van der Waals surface area contributed by atoms with Gasteiger partial charge in [0.2, 0.25) is 0 Å². The van der Waals surface area contributed by atoms with Crippen molar-refractivity contribution >= 4 is 0 Å². The lowest BCUT2D eigenvalue weighted by molar-refractivity contribution is 0.219. The first-order valence-electron chi connectivity index (χ1n) is 6.12. The predicted molar refractivity (Wildman–Crippen MR) is 63.8 cm³/mol. The van der Waals surface area contributed by atoms with E-state index < -0.39 is 0 Å². The van der Waals surface area contributed by atoms with E-state index in [0.29, 0.717) is 6.10 Å². The number of rotatable bonds is 2. The lowest BCUT2D eigenvalue weighted by atomic mass is 10.0. The number of ether oxygens (including phenoxy) is 1. The number of fused-ring (bicyclic) bond motifs is 1. The van der Waals surface area contributed by atoms with Gasteiger partial charge in [0, 0.05) is 18.7 Å². The van der Waals surface area contributed by atoms with Gasteiger partial charge in [-0.25, -0.2) is 0 Å². The second-order valence-corrected chi connectivity index (χ2v) is 4.55. The average Bonchev–Trinajstić information content (AvgIpc) is 2.82. The van der Waals surface area contributed by atoms with Crippen LogP contribution >= 0.6 is 0 Å². The summed E-state index contributed by atoms with van der Waals surface area (Å²) in [6.45, 7) is 4.10. The van der Waals surface area contributed by atoms with Crippen molar-refractivity contribution in [3.8, 4) is 5.75 Å². The molecule has 0 aliphatic carbocycles. The van der Waals surface area contributed by atoms with Crippen molar-refractivity contribution in [1.29, 1.82) is 0 Å². The van der Waals surface area contributed by atoms with Crippen LogP contribution in [0, 0.1) is 0 Å². The van der Waals surface area contributed by atoms with Gasteiger partial charge in [0.15, 0.2) is 0 Å². The van der Waals surface area contributed by atoms with Gasteiger partial charge < -0.3 is 15.4 Å². The molecular weight excluding hydrogens is 200 g/mol. The Morgan fingerprint density at radius 1 is 1.19 bits per heavy atom. The highest BCUT2D eigenvalue weighted by molar-refractivity contribution is 5.41. The van der Waals surface area contributed by atoms with Crippen LogP contribution in [0.2, 0.25) is 0 Å². The summed E-state index contributed by atoms with van der Waals surface area (Å²) in [5.41, 5.74) is 2.81. The number of hydrogen-bond acceptors (Lipinski definition) is 3. The van der Waals surface area contributed by atoms with Crippen LogP contribution in [0.5, 0.6) is 5.75 Å². The summed E-state index contributed by atoms with van der Waals surface area (Å²) in [6, 6.07) is 6.43. The van der Waals surface area contributed by atoms with Gasteiger partial charge in [0.05, 0.1) is 0 Å². The minimum Gasteiger partial charge on any atom is -0.489 e. The molecule has 0 aromatic heterocycles. The van der Waals surface area contributed by atoms with Crippen molar-refractivity contribution in [2.45, 2.75) is 25.5 Å². The summed E-state index contributed by atoms with van der Waals surface area (Å²) in [6.07, 6.45) is 2.60. The molecule has 1 unspecified atom stereocenters. The molecule has 0 radical (unpaired) electrons. The van der Waals surface area contributed by atoms with E-state index in [9.17, 15) is 0 Å². The molecule has 1 aromatic rings. The molecule has 2 N–H and O–H groups in total. The molecule has 3 nitrogen and oxygen atoms in total. The third kappa shape index (κ3) is 1.93. The van der Waals surface area contributed by atoms with E-state index in [1.165, 1.54) is 11.1 Å². The Morgan fingerprint density at radius 2 is 2.19 bits per heavy atom. The highest BCUT2D eigenvalue weighted by atomic mass is 16.5. The lowest BCUT2D eigenvalue weighted by Crippen LogP contribution is -2.26. The van der Waals surface area contributed by atoms with E-state index in [1.807, 2.05) is 0 Å². The molecule has 2 heterocycles. The van der Waals surface area contributed by atoms with Gasteiger partial charge in [-0.1, -0.05) is 12.1 Å². The molecule has 1 aromatic carbocycles. The molecular formula is C13H18N2O. The maximum Gasteiger partial charge on any atom is 0.124 e. The third-order valence-corrected chi connectivity index (χ3v) is 3.41. The van der Waals surface area contributed by atoms with E-state index in [2.05, 4.69) is 28.8 Å². The zero-order chi connectivity index (χ0) is 10.8. The van der Waals surface area contributed by atoms with Gasteiger partial charge in [-0.3, -0.25) is 0 Å². The summed E-state index contributed by atoms with van der Waals surface area (Å²) in [5, 5.41) is 6.74. The quantitative estimate of drug-likeness (QED) is 0.779. The van der Waals surface area contributed by atoms with Gasteiger partial charge in [0.1, 0.15) is 11.9 Å². The molecule has 0 spiro atoms. The monoisotopic (exact) mass is 218 g/mol. The number of benzene rings is 1. The fraction of sp³-hybridized carbons (Fsp3) is 0.538. The van der Waals surface area contributed by atoms with Gasteiger partial charge in [-0.2, -0.15) is 0 Å². The Morgan fingerprint density at radius 3 is 3.06 bits per heavy atom. The molecule has 0 saturated carbocycles. The summed E-state index contributed by atoms with van der Waals surface area (Å²) >= 11 is 0. The van der Waals surface area contributed by atoms with Crippen LogP contribution in [0.25, 0.3) is 0 Å². The summed E-state index contributed by atoms with van der Waals surface area (Å²) in [5.74, 6) is 1.08. The van der Waals surface area contributed by atoms with E-state index in [4.69, 9.17) is 4.74 Å². The van der Waals surface area contributed by atoms with Crippen LogP contribution in [-0.2, 0) is 13.0 Å². The van der Waals surface area contributed by atoms with Crippen LogP contribution in [0.15, 0.2) is 18.2 Å². The van der Waals surface area contributed by atoms with Crippen molar-refractivity contribution < 1.29 is 4.74 Å². The molecule has 2 aliphatic rings. The maximum atomic E-state index is 6.07. The Bertz CT molecular complexity index is 372. The van der Waals surface area contributed by atoms with Crippen LogP contribution in [0.3, 0.4) is 0 Å². The van der Waals surface area contributed by atoms with E-state index >= 15 is 0 Å². The lowest BCUT2D eigenvalue weighted by Gasteiger charge is -2.22. The normalized spacial score (nSPS) is 24.1. The molecule has 0 bridgehead atoms. The molecule has 3 rings (SSSR count). The largest absolute Gasteiger partial charge is 0.489 e. The second-order valence-electron chi connectivity index (χ2n) is 4.55. The average molecular weight is 218 g/mol. The van der Waals surface area contributed by atoms with Gasteiger partial charge >= 0.3 is 0 Å². The molecule has 16 heavy (non-hydrogen) atoms. The SMILES string of the molecule is c1cc2c(c(OC3CCNC3)c1)CNCC2. The summed E-state index contributed by atoms with van der Waals surface area (Å²) in [7, 11) is 0. The molecule has 1 saturated heterocycles. The molecule has 3 heteroatoms. The van der Waals surface area contributed by atoms with Gasteiger partial charge in [-0.15, -0.1) is 0 Å². The first kappa shape index (κ1) is 10.1. The van der Waals surface area contributed by atoms with Crippen LogP contribution in [0.1, 0.15) is 17.5 Å². The molecule has 0 amide bonds. The minimum atomic E-state index is 0.355. The Hall–Kier alpha value is -1.06. The fourth-order valence-corrected chi connectivity index (χ4v) is 2.50. The van der Waals surface area contributed by atoms with Gasteiger partial charge in [0.25, 0.3) is 0 Å². The molecule has 2 aliphatic heterocycles. The van der Waals surface area contributed by atoms with Crippen molar-refractivity contribution in [2.24, 2.45) is 0 Å². The zero-order valence-corrected chi connectivity index (χ0v) is 9.46. The standard InChI is InChI=1S/C13H18N2O/c1-2-10-4-6-15-9-12(10)13(3-1)16-11-5-7-14-8-11/h1-3,11,14-15H,4-9H2. The highest BCUT2D eigenvalue weighted by Crippen LogP contribution is 2.26. The highest BCUT2D eigenvalue weighted by Gasteiger charge is 2.19. The van der Waals surface area contributed by atoms with Crippen LogP contribution in [-0.4, -0.2) is 25.7 Å². The maximum absolute atomic E-state index is 6.07.